The number of aromatic nitrogens is 2. The van der Waals surface area contributed by atoms with Crippen LogP contribution in [0.2, 0.25) is 0 Å². The highest BCUT2D eigenvalue weighted by Gasteiger charge is 2.11. The Balaban J connectivity index is 0.994. The number of hydrogen-bond acceptors (Lipinski definition) is 0. The van der Waals surface area contributed by atoms with Gasteiger partial charge >= 0.3 is 0 Å². The molecule has 7 aromatic rings. The molecule has 0 unspecified atom stereocenters. The predicted octanol–water partition coefficient (Wildman–Crippen LogP) is 15.1. The molecule has 0 aliphatic carbocycles. The number of fused-ring (bicyclic) bond motifs is 6. The van der Waals surface area contributed by atoms with E-state index in [0.29, 0.717) is 0 Å². The molecule has 7 rings (SSSR count). The van der Waals surface area contributed by atoms with Crippen LogP contribution in [0, 0.1) is 0 Å². The van der Waals surface area contributed by atoms with Crippen LogP contribution in [0.15, 0.2) is 97.1 Å². The zero-order valence-corrected chi connectivity index (χ0v) is 31.4. The maximum atomic E-state index is 3.72. The summed E-state index contributed by atoms with van der Waals surface area (Å²) in [4.78, 5) is 7.44. The van der Waals surface area contributed by atoms with Crippen LogP contribution in [-0.2, 0) is 12.8 Å². The standard InChI is InChI=1S/C50H56N2/c1-3-5-7-9-11-13-15-37-17-21-39(22-18-37)25-27-41-29-31-43-45-35-50-46(36-49(45)51-47(43)33-41)44-32-30-42(34-48(44)52-50)28-26-40-23-19-38(20-24-40)16-14-12-10-8-6-4-2/h17-36,51-52H,3-16H2,1-2H3/b27-25+,28-26+. The smallest absolute Gasteiger partial charge is 0.0472 e. The van der Waals surface area contributed by atoms with Crippen molar-refractivity contribution in [1.29, 1.82) is 0 Å². The maximum absolute atomic E-state index is 3.72. The van der Waals surface area contributed by atoms with E-state index in [1.165, 1.54) is 167 Å². The first kappa shape index (κ1) is 35.6. The van der Waals surface area contributed by atoms with Crippen molar-refractivity contribution in [3.63, 3.8) is 0 Å². The van der Waals surface area contributed by atoms with Crippen LogP contribution >= 0.6 is 0 Å². The topological polar surface area (TPSA) is 31.6 Å². The number of aryl methyl sites for hydroxylation is 2. The second-order valence-corrected chi connectivity index (χ2v) is 15.0. The zero-order valence-electron chi connectivity index (χ0n) is 31.4. The molecule has 0 amide bonds. The van der Waals surface area contributed by atoms with Gasteiger partial charge < -0.3 is 9.97 Å². The molecule has 0 fully saturated rings. The number of aromatic amines is 2. The second kappa shape index (κ2) is 17.6. The fourth-order valence-electron chi connectivity index (χ4n) is 7.74. The molecule has 2 aromatic heterocycles. The van der Waals surface area contributed by atoms with Crippen molar-refractivity contribution >= 4 is 67.9 Å². The van der Waals surface area contributed by atoms with E-state index in [4.69, 9.17) is 0 Å². The molecule has 0 aliphatic heterocycles. The molecule has 2 heterocycles. The lowest BCUT2D eigenvalue weighted by atomic mass is 10.0. The van der Waals surface area contributed by atoms with Gasteiger partial charge in [-0.15, -0.1) is 0 Å². The summed E-state index contributed by atoms with van der Waals surface area (Å²) < 4.78 is 0. The SMILES string of the molecule is CCCCCCCCc1ccc(/C=C/c2ccc3c(c2)[nH]c2cc4c(cc23)[nH]c2cc(/C=C/c3ccc(CCCCCCCC)cc3)ccc24)cc1. The molecule has 5 aromatic carbocycles. The van der Waals surface area contributed by atoms with Crippen LogP contribution in [0.3, 0.4) is 0 Å². The summed E-state index contributed by atoms with van der Waals surface area (Å²) >= 11 is 0. The van der Waals surface area contributed by atoms with E-state index in [1.54, 1.807) is 0 Å². The van der Waals surface area contributed by atoms with Crippen LogP contribution in [-0.4, -0.2) is 9.97 Å². The molecule has 0 atom stereocenters. The minimum atomic E-state index is 1.17. The molecule has 0 radical (unpaired) electrons. The van der Waals surface area contributed by atoms with E-state index in [0.717, 1.165) is 0 Å². The van der Waals surface area contributed by atoms with E-state index in [1.807, 2.05) is 0 Å². The predicted molar refractivity (Wildman–Crippen MR) is 230 cm³/mol. The largest absolute Gasteiger partial charge is 0.354 e. The lowest BCUT2D eigenvalue weighted by Crippen LogP contribution is -1.86. The Morgan fingerprint density at radius 1 is 0.346 bits per heavy atom. The molecular formula is C50H56N2. The van der Waals surface area contributed by atoms with Crippen LogP contribution in [0.5, 0.6) is 0 Å². The van der Waals surface area contributed by atoms with Crippen molar-refractivity contribution in [3.8, 4) is 0 Å². The third-order valence-electron chi connectivity index (χ3n) is 10.9. The van der Waals surface area contributed by atoms with Gasteiger partial charge in [0.1, 0.15) is 0 Å². The second-order valence-electron chi connectivity index (χ2n) is 15.0. The number of hydrogen-bond donors (Lipinski definition) is 2. The first-order chi connectivity index (χ1) is 25.7. The van der Waals surface area contributed by atoms with Gasteiger partial charge in [-0.2, -0.15) is 0 Å². The summed E-state index contributed by atoms with van der Waals surface area (Å²) in [6.45, 7) is 4.56. The number of nitrogens with one attached hydrogen (secondary N) is 2. The Hall–Kier alpha value is -4.82. The zero-order chi connectivity index (χ0) is 35.5. The van der Waals surface area contributed by atoms with Crippen molar-refractivity contribution in [2.24, 2.45) is 0 Å². The number of rotatable bonds is 18. The summed E-state index contributed by atoms with van der Waals surface area (Å²) in [5.41, 5.74) is 12.5. The average molecular weight is 685 g/mol. The third-order valence-corrected chi connectivity index (χ3v) is 10.9. The van der Waals surface area contributed by atoms with Crippen LogP contribution in [0.4, 0.5) is 0 Å². The van der Waals surface area contributed by atoms with Crippen LogP contribution in [0.1, 0.15) is 124 Å². The van der Waals surface area contributed by atoms with Gasteiger partial charge in [0.05, 0.1) is 0 Å². The van der Waals surface area contributed by atoms with Crippen LogP contribution < -0.4 is 0 Å². The highest BCUT2D eigenvalue weighted by molar-refractivity contribution is 6.17. The van der Waals surface area contributed by atoms with Crippen LogP contribution in [0.25, 0.3) is 67.9 Å². The van der Waals surface area contributed by atoms with E-state index in [2.05, 4.69) is 145 Å². The monoisotopic (exact) mass is 684 g/mol. The quantitative estimate of drug-likeness (QED) is 0.0666. The van der Waals surface area contributed by atoms with E-state index < -0.39 is 0 Å². The van der Waals surface area contributed by atoms with Gasteiger partial charge in [0, 0.05) is 43.6 Å². The summed E-state index contributed by atoms with van der Waals surface area (Å²) in [7, 11) is 0. The molecule has 2 nitrogen and oxygen atoms in total. The van der Waals surface area contributed by atoms with Gasteiger partial charge in [0.25, 0.3) is 0 Å². The summed E-state index contributed by atoms with van der Waals surface area (Å²) in [6, 6.07) is 36.4. The Labute approximate surface area is 311 Å². The first-order valence-electron chi connectivity index (χ1n) is 20.2. The normalized spacial score (nSPS) is 12.2. The lowest BCUT2D eigenvalue weighted by molar-refractivity contribution is 0.607. The van der Waals surface area contributed by atoms with E-state index >= 15 is 0 Å². The Morgan fingerprint density at radius 2 is 0.692 bits per heavy atom. The van der Waals surface area contributed by atoms with Gasteiger partial charge in [-0.1, -0.05) is 175 Å². The molecule has 2 heteroatoms. The van der Waals surface area contributed by atoms with Gasteiger partial charge in [-0.3, -0.25) is 0 Å². The summed E-state index contributed by atoms with van der Waals surface area (Å²) in [5, 5.41) is 5.03. The summed E-state index contributed by atoms with van der Waals surface area (Å²) in [5.74, 6) is 0. The van der Waals surface area contributed by atoms with Crippen molar-refractivity contribution in [3.05, 3.63) is 130 Å². The molecule has 52 heavy (non-hydrogen) atoms. The maximum Gasteiger partial charge on any atom is 0.0472 e. The highest BCUT2D eigenvalue weighted by atomic mass is 14.7. The molecule has 0 saturated heterocycles. The van der Waals surface area contributed by atoms with Crippen molar-refractivity contribution < 1.29 is 0 Å². The fraction of sp³-hybridized carbons (Fsp3) is 0.320. The van der Waals surface area contributed by atoms with Crippen molar-refractivity contribution in [1.82, 2.24) is 9.97 Å². The highest BCUT2D eigenvalue weighted by Crippen LogP contribution is 2.34. The third kappa shape index (κ3) is 8.96. The van der Waals surface area contributed by atoms with Gasteiger partial charge in [-0.05, 0) is 83.3 Å². The van der Waals surface area contributed by atoms with Gasteiger partial charge in [0.2, 0.25) is 0 Å². The number of unbranched alkanes of at least 4 members (excludes halogenated alkanes) is 10. The molecule has 0 aliphatic rings. The van der Waals surface area contributed by atoms with Crippen molar-refractivity contribution in [2.45, 2.75) is 104 Å². The van der Waals surface area contributed by atoms with Crippen molar-refractivity contribution in [2.75, 3.05) is 0 Å². The van der Waals surface area contributed by atoms with E-state index in [-0.39, 0.29) is 0 Å². The Morgan fingerprint density at radius 3 is 1.12 bits per heavy atom. The molecule has 2 N–H and O–H groups in total. The number of H-pyrrole nitrogens is 2. The first-order valence-corrected chi connectivity index (χ1v) is 20.2. The van der Waals surface area contributed by atoms with E-state index in [9.17, 15) is 0 Å². The molecule has 0 bridgehead atoms. The number of benzene rings is 5. The summed E-state index contributed by atoms with van der Waals surface area (Å²) in [6.07, 6.45) is 27.4. The van der Waals surface area contributed by atoms with Gasteiger partial charge in [0.15, 0.2) is 0 Å². The Kier molecular flexibility index (Phi) is 12.0. The Bertz CT molecular complexity index is 2090. The minimum absolute atomic E-state index is 1.17. The molecule has 0 spiro atoms. The molecular weight excluding hydrogens is 629 g/mol. The minimum Gasteiger partial charge on any atom is -0.354 e. The lowest BCUT2D eigenvalue weighted by Gasteiger charge is -2.03. The fourth-order valence-corrected chi connectivity index (χ4v) is 7.74. The van der Waals surface area contributed by atoms with Gasteiger partial charge in [-0.25, -0.2) is 0 Å². The average Bonchev–Trinajstić information content (AvgIpc) is 3.72. The molecule has 0 saturated carbocycles. The molecule has 266 valence electrons.